The molecule has 20 heavy (non-hydrogen) atoms. The van der Waals surface area contributed by atoms with Gasteiger partial charge in [0.25, 0.3) is 5.91 Å². The molecule has 1 aromatic rings. The third-order valence-electron chi connectivity index (χ3n) is 4.21. The molecule has 1 aliphatic heterocycles. The number of likely N-dealkylation sites (N-methyl/N-ethyl adjacent to an activating group) is 1. The average Bonchev–Trinajstić information content (AvgIpc) is 2.55. The van der Waals surface area contributed by atoms with Crippen LogP contribution in [0, 0.1) is 5.41 Å². The van der Waals surface area contributed by atoms with Crippen LogP contribution in [0.2, 0.25) is 0 Å². The quantitative estimate of drug-likeness (QED) is 0.919. The average molecular weight is 274 g/mol. The van der Waals surface area contributed by atoms with E-state index in [4.69, 9.17) is 0 Å². The third-order valence-corrected chi connectivity index (χ3v) is 4.21. The van der Waals surface area contributed by atoms with E-state index in [1.807, 2.05) is 30.1 Å². The smallest absolute Gasteiger partial charge is 0.254 e. The van der Waals surface area contributed by atoms with Crippen LogP contribution in [0.15, 0.2) is 24.3 Å². The van der Waals surface area contributed by atoms with Crippen molar-refractivity contribution in [2.45, 2.75) is 39.7 Å². The van der Waals surface area contributed by atoms with Crippen LogP contribution >= 0.6 is 0 Å². The lowest BCUT2D eigenvalue weighted by Gasteiger charge is -2.35. The Kier molecular flexibility index (Phi) is 4.48. The van der Waals surface area contributed by atoms with Crippen LogP contribution < -0.4 is 5.32 Å². The van der Waals surface area contributed by atoms with Gasteiger partial charge in [-0.1, -0.05) is 39.0 Å². The molecule has 3 heteroatoms. The van der Waals surface area contributed by atoms with Crippen molar-refractivity contribution in [2.75, 3.05) is 20.1 Å². The summed E-state index contributed by atoms with van der Waals surface area (Å²) in [4.78, 5) is 14.7. The van der Waals surface area contributed by atoms with Gasteiger partial charge in [0.2, 0.25) is 0 Å². The van der Waals surface area contributed by atoms with E-state index in [0.717, 1.165) is 31.5 Å². The van der Waals surface area contributed by atoms with Gasteiger partial charge in [0.1, 0.15) is 0 Å². The Hall–Kier alpha value is -1.35. The lowest BCUT2D eigenvalue weighted by atomic mass is 9.86. The monoisotopic (exact) mass is 274 g/mol. The number of fused-ring (bicyclic) bond motifs is 1. The molecule has 3 nitrogen and oxygen atoms in total. The van der Waals surface area contributed by atoms with E-state index >= 15 is 0 Å². The highest BCUT2D eigenvalue weighted by molar-refractivity contribution is 5.96. The summed E-state index contributed by atoms with van der Waals surface area (Å²) in [6.07, 6.45) is 2.04. The van der Waals surface area contributed by atoms with Crippen molar-refractivity contribution in [3.63, 3.8) is 0 Å². The second-order valence-electron chi connectivity index (χ2n) is 6.72. The first-order valence-corrected chi connectivity index (χ1v) is 7.48. The fraction of sp³-hybridized carbons (Fsp3) is 0.588. The van der Waals surface area contributed by atoms with Crippen LogP contribution in [-0.4, -0.2) is 37.0 Å². The molecular formula is C17H26N2O. The molecule has 0 saturated heterocycles. The van der Waals surface area contributed by atoms with Gasteiger partial charge in [-0.3, -0.25) is 4.79 Å². The van der Waals surface area contributed by atoms with Gasteiger partial charge >= 0.3 is 0 Å². The number of benzene rings is 1. The second kappa shape index (κ2) is 5.96. The summed E-state index contributed by atoms with van der Waals surface area (Å²) in [5.41, 5.74) is 2.21. The maximum Gasteiger partial charge on any atom is 0.254 e. The van der Waals surface area contributed by atoms with Crippen LogP contribution in [-0.2, 0) is 6.42 Å². The van der Waals surface area contributed by atoms with Gasteiger partial charge in [-0.15, -0.1) is 0 Å². The Morgan fingerprint density at radius 2 is 2.00 bits per heavy atom. The molecule has 1 aromatic carbocycles. The van der Waals surface area contributed by atoms with E-state index < -0.39 is 0 Å². The molecule has 0 aromatic heterocycles. The Bertz CT molecular complexity index is 476. The molecule has 0 saturated carbocycles. The molecule has 0 fully saturated rings. The van der Waals surface area contributed by atoms with Crippen LogP contribution in [0.5, 0.6) is 0 Å². The molecule has 110 valence electrons. The third kappa shape index (κ3) is 3.21. The van der Waals surface area contributed by atoms with Crippen LogP contribution in [0.3, 0.4) is 0 Å². The SMILES string of the molecule is CNC(CN1CCCc2ccccc2C1=O)C(C)(C)C. The van der Waals surface area contributed by atoms with Crippen molar-refractivity contribution in [3.05, 3.63) is 35.4 Å². The largest absolute Gasteiger partial charge is 0.337 e. The van der Waals surface area contributed by atoms with Crippen molar-refractivity contribution in [3.8, 4) is 0 Å². The molecule has 0 radical (unpaired) electrons. The van der Waals surface area contributed by atoms with Crippen molar-refractivity contribution in [1.29, 1.82) is 0 Å². The first-order valence-electron chi connectivity index (χ1n) is 7.48. The molecule has 1 heterocycles. The number of carbonyl (C=O) groups is 1. The number of rotatable bonds is 3. The molecule has 0 aliphatic carbocycles. The maximum absolute atomic E-state index is 12.7. The van der Waals surface area contributed by atoms with Crippen molar-refractivity contribution in [1.82, 2.24) is 10.2 Å². The lowest BCUT2D eigenvalue weighted by molar-refractivity contribution is 0.0713. The van der Waals surface area contributed by atoms with Crippen LogP contribution in [0.4, 0.5) is 0 Å². The van der Waals surface area contributed by atoms with E-state index in [9.17, 15) is 4.79 Å². The van der Waals surface area contributed by atoms with Gasteiger partial charge < -0.3 is 10.2 Å². The zero-order valence-corrected chi connectivity index (χ0v) is 13.1. The lowest BCUT2D eigenvalue weighted by Crippen LogP contribution is -2.48. The fourth-order valence-corrected chi connectivity index (χ4v) is 2.87. The highest BCUT2D eigenvalue weighted by atomic mass is 16.2. The molecule has 1 atom stereocenters. The minimum absolute atomic E-state index is 0.140. The van der Waals surface area contributed by atoms with Crippen LogP contribution in [0.25, 0.3) is 0 Å². The van der Waals surface area contributed by atoms with Gasteiger partial charge in [0, 0.05) is 24.7 Å². The summed E-state index contributed by atoms with van der Waals surface area (Å²) in [6, 6.07) is 8.32. The topological polar surface area (TPSA) is 32.3 Å². The summed E-state index contributed by atoms with van der Waals surface area (Å²) in [5.74, 6) is 0.183. The van der Waals surface area contributed by atoms with Gasteiger partial charge in [0.05, 0.1) is 0 Å². The minimum atomic E-state index is 0.140. The van der Waals surface area contributed by atoms with Gasteiger partial charge in [-0.25, -0.2) is 0 Å². The van der Waals surface area contributed by atoms with E-state index in [-0.39, 0.29) is 11.3 Å². The summed E-state index contributed by atoms with van der Waals surface area (Å²) >= 11 is 0. The van der Waals surface area contributed by atoms with E-state index in [2.05, 4.69) is 32.2 Å². The molecular weight excluding hydrogens is 248 g/mol. The number of nitrogens with zero attached hydrogens (tertiary/aromatic N) is 1. The normalized spacial score (nSPS) is 17.6. The fourth-order valence-electron chi connectivity index (χ4n) is 2.87. The predicted octanol–water partition coefficient (Wildman–Crippen LogP) is 2.71. The first kappa shape index (κ1) is 15.0. The van der Waals surface area contributed by atoms with E-state index in [0.29, 0.717) is 6.04 Å². The van der Waals surface area contributed by atoms with Gasteiger partial charge in [-0.2, -0.15) is 0 Å². The maximum atomic E-state index is 12.7. The van der Waals surface area contributed by atoms with Gasteiger partial charge in [0.15, 0.2) is 0 Å². The predicted molar refractivity (Wildman–Crippen MR) is 83.0 cm³/mol. The molecule has 1 amide bonds. The number of nitrogens with one attached hydrogen (secondary N) is 1. The van der Waals surface area contributed by atoms with E-state index in [1.165, 1.54) is 5.56 Å². The summed E-state index contributed by atoms with van der Waals surface area (Å²) < 4.78 is 0. The molecule has 1 aliphatic rings. The standard InChI is InChI=1S/C17H26N2O/c1-17(2,3)15(18-4)12-19-11-7-9-13-8-5-6-10-14(13)16(19)20/h5-6,8,10,15,18H,7,9,11-12H2,1-4H3. The van der Waals surface area contributed by atoms with Gasteiger partial charge in [-0.05, 0) is 36.9 Å². The summed E-state index contributed by atoms with van der Waals surface area (Å²) in [5, 5.41) is 3.36. The number of hydrogen-bond acceptors (Lipinski definition) is 2. The number of carbonyl (C=O) groups excluding carboxylic acids is 1. The second-order valence-corrected chi connectivity index (χ2v) is 6.72. The van der Waals surface area contributed by atoms with E-state index in [1.54, 1.807) is 0 Å². The molecule has 2 rings (SSSR count). The van der Waals surface area contributed by atoms with Crippen molar-refractivity contribution >= 4 is 5.91 Å². The first-order chi connectivity index (χ1) is 9.43. The molecule has 0 spiro atoms. The minimum Gasteiger partial charge on any atom is -0.337 e. The Balaban J connectivity index is 2.20. The number of hydrogen-bond donors (Lipinski definition) is 1. The summed E-state index contributed by atoms with van der Waals surface area (Å²) in [6.45, 7) is 8.26. The zero-order valence-electron chi connectivity index (χ0n) is 13.1. The Morgan fingerprint density at radius 1 is 1.30 bits per heavy atom. The highest BCUT2D eigenvalue weighted by Crippen LogP contribution is 2.23. The van der Waals surface area contributed by atoms with Crippen LogP contribution in [0.1, 0.15) is 43.1 Å². The van der Waals surface area contributed by atoms with Crippen molar-refractivity contribution < 1.29 is 4.79 Å². The Labute approximate surface area is 122 Å². The highest BCUT2D eigenvalue weighted by Gasteiger charge is 2.29. The molecule has 0 bridgehead atoms. The summed E-state index contributed by atoms with van der Waals surface area (Å²) in [7, 11) is 1.98. The molecule has 1 unspecified atom stereocenters. The Morgan fingerprint density at radius 3 is 2.65 bits per heavy atom. The number of amides is 1. The van der Waals surface area contributed by atoms with Crippen molar-refractivity contribution in [2.24, 2.45) is 5.41 Å². The number of aryl methyl sites for hydroxylation is 1. The molecule has 1 N–H and O–H groups in total. The zero-order chi connectivity index (χ0) is 14.8.